The van der Waals surface area contributed by atoms with Gasteiger partial charge >= 0.3 is 0 Å². The molecule has 1 N–H and O–H groups in total. The van der Waals surface area contributed by atoms with Crippen LogP contribution in [0, 0.1) is 6.92 Å². The summed E-state index contributed by atoms with van der Waals surface area (Å²) in [6.07, 6.45) is 2.50. The van der Waals surface area contributed by atoms with Gasteiger partial charge in [-0.1, -0.05) is 6.07 Å². The zero-order chi connectivity index (χ0) is 17.6. The summed E-state index contributed by atoms with van der Waals surface area (Å²) in [6.45, 7) is 6.54. The third-order valence-corrected chi connectivity index (χ3v) is 6.13. The van der Waals surface area contributed by atoms with Gasteiger partial charge in [0.05, 0.1) is 4.90 Å². The Morgan fingerprint density at radius 3 is 2.67 bits per heavy atom. The van der Waals surface area contributed by atoms with Crippen LogP contribution in [0.15, 0.2) is 23.1 Å². The number of rotatable bonds is 8. The highest BCUT2D eigenvalue weighted by Gasteiger charge is 2.29. The predicted molar refractivity (Wildman–Crippen MR) is 92.6 cm³/mol. The minimum Gasteiger partial charge on any atom is -0.382 e. The van der Waals surface area contributed by atoms with Crippen molar-refractivity contribution in [3.8, 4) is 0 Å². The molecule has 0 saturated carbocycles. The van der Waals surface area contributed by atoms with Gasteiger partial charge in [0.2, 0.25) is 10.0 Å². The van der Waals surface area contributed by atoms with E-state index in [2.05, 4.69) is 5.32 Å². The van der Waals surface area contributed by atoms with Crippen molar-refractivity contribution >= 4 is 15.9 Å². The molecule has 1 aromatic carbocycles. The lowest BCUT2D eigenvalue weighted by Gasteiger charge is -2.17. The second-order valence-electron chi connectivity index (χ2n) is 5.90. The monoisotopic (exact) mass is 354 g/mol. The van der Waals surface area contributed by atoms with Crippen molar-refractivity contribution in [2.24, 2.45) is 0 Å². The SMILES string of the molecule is CCOCCCNC(=O)c1ccc(C)c(S(=O)(=O)N2CCCC2)c1. The minimum atomic E-state index is -3.52. The van der Waals surface area contributed by atoms with Crippen LogP contribution in [-0.4, -0.2) is 51.5 Å². The number of hydrogen-bond acceptors (Lipinski definition) is 4. The Bertz CT molecular complexity index is 667. The van der Waals surface area contributed by atoms with Crippen LogP contribution < -0.4 is 5.32 Å². The summed E-state index contributed by atoms with van der Waals surface area (Å²) < 4.78 is 32.2. The van der Waals surface area contributed by atoms with Gasteiger partial charge in [0.25, 0.3) is 5.91 Å². The standard InChI is InChI=1S/C17H26N2O4S/c1-3-23-12-6-9-18-17(20)15-8-7-14(2)16(13-15)24(21,22)19-10-4-5-11-19/h7-8,13H,3-6,9-12H2,1-2H3,(H,18,20). The fourth-order valence-electron chi connectivity index (χ4n) is 2.71. The fourth-order valence-corrected chi connectivity index (χ4v) is 4.48. The normalized spacial score (nSPS) is 15.6. The van der Waals surface area contributed by atoms with E-state index in [9.17, 15) is 13.2 Å². The van der Waals surface area contributed by atoms with Crippen molar-refractivity contribution < 1.29 is 17.9 Å². The molecular weight excluding hydrogens is 328 g/mol. The van der Waals surface area contributed by atoms with Crippen molar-refractivity contribution in [3.05, 3.63) is 29.3 Å². The number of carbonyl (C=O) groups excluding carboxylic acids is 1. The second kappa shape index (κ2) is 8.60. The smallest absolute Gasteiger partial charge is 0.251 e. The van der Waals surface area contributed by atoms with Gasteiger partial charge in [0.1, 0.15) is 0 Å². The minimum absolute atomic E-state index is 0.228. The maximum atomic E-state index is 12.7. The number of ether oxygens (including phenoxy) is 1. The molecule has 0 radical (unpaired) electrons. The molecule has 1 fully saturated rings. The van der Waals surface area contributed by atoms with Gasteiger partial charge in [-0.05, 0) is 50.8 Å². The maximum Gasteiger partial charge on any atom is 0.251 e. The largest absolute Gasteiger partial charge is 0.382 e. The van der Waals surface area contributed by atoms with E-state index in [0.717, 1.165) is 19.3 Å². The summed E-state index contributed by atoms with van der Waals surface area (Å²) >= 11 is 0. The average Bonchev–Trinajstić information content (AvgIpc) is 3.10. The van der Waals surface area contributed by atoms with E-state index in [1.54, 1.807) is 19.1 Å². The molecule has 0 bridgehead atoms. The number of aryl methyl sites for hydroxylation is 1. The quantitative estimate of drug-likeness (QED) is 0.724. The molecule has 1 saturated heterocycles. The Kier molecular flexibility index (Phi) is 6.77. The first-order chi connectivity index (χ1) is 11.5. The summed E-state index contributed by atoms with van der Waals surface area (Å²) in [5.74, 6) is -0.260. The van der Waals surface area contributed by atoms with Gasteiger partial charge in [-0.15, -0.1) is 0 Å². The second-order valence-corrected chi connectivity index (χ2v) is 7.80. The summed E-state index contributed by atoms with van der Waals surface area (Å²) in [5.41, 5.74) is 1.03. The molecule has 1 aromatic rings. The molecule has 1 heterocycles. The van der Waals surface area contributed by atoms with E-state index in [0.29, 0.717) is 44.0 Å². The summed E-state index contributed by atoms with van der Waals surface area (Å²) in [4.78, 5) is 12.5. The highest BCUT2D eigenvalue weighted by atomic mass is 32.2. The van der Waals surface area contributed by atoms with Gasteiger partial charge in [0.15, 0.2) is 0 Å². The van der Waals surface area contributed by atoms with Crippen LogP contribution in [0.5, 0.6) is 0 Å². The Morgan fingerprint density at radius 2 is 2.00 bits per heavy atom. The van der Waals surface area contributed by atoms with Crippen LogP contribution in [0.4, 0.5) is 0 Å². The van der Waals surface area contributed by atoms with Gasteiger partial charge in [0, 0.05) is 38.4 Å². The zero-order valence-corrected chi connectivity index (χ0v) is 15.2. The van der Waals surface area contributed by atoms with E-state index in [-0.39, 0.29) is 10.8 Å². The third kappa shape index (κ3) is 4.55. The molecule has 24 heavy (non-hydrogen) atoms. The van der Waals surface area contributed by atoms with Gasteiger partial charge < -0.3 is 10.1 Å². The van der Waals surface area contributed by atoms with Crippen LogP contribution in [-0.2, 0) is 14.8 Å². The van der Waals surface area contributed by atoms with Crippen LogP contribution >= 0.6 is 0 Å². The van der Waals surface area contributed by atoms with E-state index in [1.165, 1.54) is 10.4 Å². The first-order valence-electron chi connectivity index (χ1n) is 8.43. The van der Waals surface area contributed by atoms with E-state index >= 15 is 0 Å². The number of carbonyl (C=O) groups is 1. The number of nitrogens with one attached hydrogen (secondary N) is 1. The van der Waals surface area contributed by atoms with Crippen molar-refractivity contribution in [1.82, 2.24) is 9.62 Å². The fraction of sp³-hybridized carbons (Fsp3) is 0.588. The number of hydrogen-bond donors (Lipinski definition) is 1. The number of amides is 1. The van der Waals surface area contributed by atoms with Crippen LogP contribution in [0.25, 0.3) is 0 Å². The lowest BCUT2D eigenvalue weighted by molar-refractivity contribution is 0.0944. The summed E-state index contributed by atoms with van der Waals surface area (Å²) in [7, 11) is -3.52. The first-order valence-corrected chi connectivity index (χ1v) is 9.87. The predicted octanol–water partition coefficient (Wildman–Crippen LogP) is 1.94. The Hall–Kier alpha value is -1.44. The lowest BCUT2D eigenvalue weighted by atomic mass is 10.1. The molecule has 1 aliphatic rings. The number of sulfonamides is 1. The molecule has 0 spiro atoms. The molecule has 6 nitrogen and oxygen atoms in total. The van der Waals surface area contributed by atoms with Gasteiger partial charge in [-0.3, -0.25) is 4.79 Å². The van der Waals surface area contributed by atoms with Crippen LogP contribution in [0.2, 0.25) is 0 Å². The van der Waals surface area contributed by atoms with Crippen LogP contribution in [0.1, 0.15) is 42.1 Å². The highest BCUT2D eigenvalue weighted by molar-refractivity contribution is 7.89. The molecular formula is C17H26N2O4S. The van der Waals surface area contributed by atoms with Crippen molar-refractivity contribution in [2.45, 2.75) is 38.0 Å². The summed E-state index contributed by atoms with van der Waals surface area (Å²) in [5, 5.41) is 2.80. The molecule has 0 aromatic heterocycles. The van der Waals surface area contributed by atoms with Crippen molar-refractivity contribution in [1.29, 1.82) is 0 Å². The lowest BCUT2D eigenvalue weighted by Crippen LogP contribution is -2.29. The zero-order valence-electron chi connectivity index (χ0n) is 14.4. The number of benzene rings is 1. The van der Waals surface area contributed by atoms with Crippen molar-refractivity contribution in [2.75, 3.05) is 32.8 Å². The van der Waals surface area contributed by atoms with Crippen LogP contribution in [0.3, 0.4) is 0 Å². The van der Waals surface area contributed by atoms with Crippen molar-refractivity contribution in [3.63, 3.8) is 0 Å². The molecule has 0 atom stereocenters. The van der Waals surface area contributed by atoms with E-state index in [1.807, 2.05) is 6.92 Å². The highest BCUT2D eigenvalue weighted by Crippen LogP contribution is 2.24. The summed E-state index contributed by atoms with van der Waals surface area (Å²) in [6, 6.07) is 4.84. The molecule has 2 rings (SSSR count). The molecule has 0 aliphatic carbocycles. The topological polar surface area (TPSA) is 75.7 Å². The van der Waals surface area contributed by atoms with E-state index in [4.69, 9.17) is 4.74 Å². The number of nitrogens with zero attached hydrogens (tertiary/aromatic N) is 1. The van der Waals surface area contributed by atoms with Gasteiger partial charge in [-0.2, -0.15) is 4.31 Å². The van der Waals surface area contributed by atoms with E-state index < -0.39 is 10.0 Å². The van der Waals surface area contributed by atoms with Gasteiger partial charge in [-0.25, -0.2) is 8.42 Å². The average molecular weight is 354 g/mol. The first kappa shape index (κ1) is 18.9. The molecule has 0 unspecified atom stereocenters. The molecule has 1 amide bonds. The molecule has 134 valence electrons. The third-order valence-electron chi connectivity index (χ3n) is 4.09. The Morgan fingerprint density at radius 1 is 1.29 bits per heavy atom. The Labute approximate surface area is 144 Å². The molecule has 7 heteroatoms. The molecule has 1 aliphatic heterocycles. The Balaban J connectivity index is 2.09. The maximum absolute atomic E-state index is 12.7.